The Kier molecular flexibility index (Phi) is 4.93. The fraction of sp³-hybridized carbons (Fsp3) is 0.533. The van der Waals surface area contributed by atoms with E-state index in [1.165, 1.54) is 5.56 Å². The normalized spacial score (nSPS) is 24.8. The summed E-state index contributed by atoms with van der Waals surface area (Å²) >= 11 is 0. The third-order valence-electron chi connectivity index (χ3n) is 3.55. The van der Waals surface area contributed by atoms with Crippen molar-refractivity contribution in [2.75, 3.05) is 19.7 Å². The van der Waals surface area contributed by atoms with Crippen LogP contribution in [0.1, 0.15) is 18.9 Å². The summed E-state index contributed by atoms with van der Waals surface area (Å²) in [5.41, 5.74) is 1.20. The van der Waals surface area contributed by atoms with E-state index in [0.29, 0.717) is 18.9 Å². The molecule has 19 heavy (non-hydrogen) atoms. The predicted octanol–water partition coefficient (Wildman–Crippen LogP) is 1.01. The summed E-state index contributed by atoms with van der Waals surface area (Å²) in [5, 5.41) is 12.1. The molecule has 2 atom stereocenters. The second-order valence-corrected chi connectivity index (χ2v) is 5.29. The molecule has 1 aliphatic rings. The average Bonchev–Trinajstić information content (AvgIpc) is 2.54. The lowest BCUT2D eigenvalue weighted by atomic mass is 10.1. The van der Waals surface area contributed by atoms with Crippen LogP contribution in [0.2, 0.25) is 0 Å². The third-order valence-corrected chi connectivity index (χ3v) is 3.55. The Hall–Kier alpha value is -1.39. The molecular weight excluding hydrogens is 240 g/mol. The molecule has 104 valence electrons. The van der Waals surface area contributed by atoms with Crippen LogP contribution in [0, 0.1) is 5.92 Å². The summed E-state index contributed by atoms with van der Waals surface area (Å²) < 4.78 is 0. The first-order valence-corrected chi connectivity index (χ1v) is 6.87. The first-order valence-electron chi connectivity index (χ1n) is 6.87. The lowest BCUT2D eigenvalue weighted by molar-refractivity contribution is -0.126. The maximum Gasteiger partial charge on any atom is 0.237 e. The summed E-state index contributed by atoms with van der Waals surface area (Å²) in [6.07, 6.45) is 0.491. The van der Waals surface area contributed by atoms with Gasteiger partial charge in [0, 0.05) is 26.2 Å². The van der Waals surface area contributed by atoms with Crippen molar-refractivity contribution in [2.24, 2.45) is 5.92 Å². The van der Waals surface area contributed by atoms with Gasteiger partial charge in [0.1, 0.15) is 0 Å². The van der Waals surface area contributed by atoms with Crippen molar-refractivity contribution in [3.05, 3.63) is 35.9 Å². The van der Waals surface area contributed by atoms with Gasteiger partial charge in [0.25, 0.3) is 0 Å². The van der Waals surface area contributed by atoms with Crippen LogP contribution in [0.25, 0.3) is 0 Å². The number of nitrogens with one attached hydrogen (secondary N) is 1. The maximum atomic E-state index is 12.1. The molecule has 1 saturated heterocycles. The minimum atomic E-state index is -0.227. The first-order chi connectivity index (χ1) is 9.20. The van der Waals surface area contributed by atoms with Gasteiger partial charge in [-0.15, -0.1) is 0 Å². The lowest BCUT2D eigenvalue weighted by Gasteiger charge is -2.29. The summed E-state index contributed by atoms with van der Waals surface area (Å²) in [5.74, 6) is 0.464. The monoisotopic (exact) mass is 262 g/mol. The summed E-state index contributed by atoms with van der Waals surface area (Å²) in [4.78, 5) is 14.3. The van der Waals surface area contributed by atoms with E-state index < -0.39 is 0 Å². The Balaban J connectivity index is 2.14. The molecule has 2 rings (SSSR count). The van der Waals surface area contributed by atoms with Gasteiger partial charge in [0.15, 0.2) is 0 Å². The second kappa shape index (κ2) is 6.68. The van der Waals surface area contributed by atoms with Gasteiger partial charge in [0.2, 0.25) is 5.91 Å². The van der Waals surface area contributed by atoms with Crippen LogP contribution in [0.4, 0.5) is 0 Å². The van der Waals surface area contributed by atoms with E-state index in [1.807, 2.05) is 18.2 Å². The zero-order valence-corrected chi connectivity index (χ0v) is 11.4. The SMILES string of the molecule is CC1CNC(=O)C(CCO)N(Cc2ccccc2)C1. The highest BCUT2D eigenvalue weighted by molar-refractivity contribution is 5.82. The molecule has 2 N–H and O–H groups in total. The fourth-order valence-electron chi connectivity index (χ4n) is 2.58. The zero-order chi connectivity index (χ0) is 13.7. The van der Waals surface area contributed by atoms with Gasteiger partial charge in [-0.1, -0.05) is 37.3 Å². The standard InChI is InChI=1S/C15H22N2O2/c1-12-9-16-15(19)14(7-8-18)17(10-12)11-13-5-3-2-4-6-13/h2-6,12,14,18H,7-11H2,1H3,(H,16,19). The summed E-state index contributed by atoms with van der Waals surface area (Å²) in [6.45, 7) is 4.52. The molecule has 1 aromatic carbocycles. The van der Waals surface area contributed by atoms with Crippen molar-refractivity contribution < 1.29 is 9.90 Å². The van der Waals surface area contributed by atoms with Crippen molar-refractivity contribution in [2.45, 2.75) is 25.9 Å². The Morgan fingerprint density at radius 3 is 2.79 bits per heavy atom. The Labute approximate surface area is 114 Å². The van der Waals surface area contributed by atoms with E-state index in [4.69, 9.17) is 0 Å². The van der Waals surface area contributed by atoms with Crippen LogP contribution in [-0.2, 0) is 11.3 Å². The van der Waals surface area contributed by atoms with Crippen molar-refractivity contribution >= 4 is 5.91 Å². The number of carbonyl (C=O) groups is 1. The molecule has 0 spiro atoms. The van der Waals surface area contributed by atoms with Gasteiger partial charge in [0.05, 0.1) is 6.04 Å². The Morgan fingerprint density at radius 2 is 2.11 bits per heavy atom. The summed E-state index contributed by atoms with van der Waals surface area (Å²) in [6, 6.07) is 9.93. The quantitative estimate of drug-likeness (QED) is 0.851. The minimum absolute atomic E-state index is 0.0364. The zero-order valence-electron chi connectivity index (χ0n) is 11.4. The maximum absolute atomic E-state index is 12.1. The number of nitrogens with zero attached hydrogens (tertiary/aromatic N) is 1. The molecule has 0 aromatic heterocycles. The molecule has 0 saturated carbocycles. The minimum Gasteiger partial charge on any atom is -0.396 e. The number of rotatable bonds is 4. The molecule has 1 fully saturated rings. The second-order valence-electron chi connectivity index (χ2n) is 5.29. The molecule has 0 aliphatic carbocycles. The van der Waals surface area contributed by atoms with Gasteiger partial charge in [-0.25, -0.2) is 0 Å². The van der Waals surface area contributed by atoms with Gasteiger partial charge in [-0.2, -0.15) is 0 Å². The molecule has 2 unspecified atom stereocenters. The predicted molar refractivity (Wildman–Crippen MR) is 74.5 cm³/mol. The van der Waals surface area contributed by atoms with Crippen LogP contribution in [0.5, 0.6) is 0 Å². The molecule has 1 amide bonds. The van der Waals surface area contributed by atoms with Gasteiger partial charge >= 0.3 is 0 Å². The third kappa shape index (κ3) is 3.78. The van der Waals surface area contributed by atoms with Gasteiger partial charge in [-0.3, -0.25) is 9.69 Å². The van der Waals surface area contributed by atoms with Crippen LogP contribution < -0.4 is 5.32 Å². The highest BCUT2D eigenvalue weighted by Gasteiger charge is 2.29. The van der Waals surface area contributed by atoms with Crippen LogP contribution >= 0.6 is 0 Å². The molecule has 1 aliphatic heterocycles. The number of hydrogen-bond donors (Lipinski definition) is 2. The van der Waals surface area contributed by atoms with Crippen LogP contribution in [0.15, 0.2) is 30.3 Å². The first kappa shape index (κ1) is 14.0. The van der Waals surface area contributed by atoms with E-state index >= 15 is 0 Å². The van der Waals surface area contributed by atoms with Crippen molar-refractivity contribution in [1.29, 1.82) is 0 Å². The van der Waals surface area contributed by atoms with E-state index in [-0.39, 0.29) is 18.6 Å². The molecule has 4 nitrogen and oxygen atoms in total. The number of carbonyl (C=O) groups excluding carboxylic acids is 1. The van der Waals surface area contributed by atoms with E-state index in [0.717, 1.165) is 13.1 Å². The number of aliphatic hydroxyl groups excluding tert-OH is 1. The number of amides is 1. The van der Waals surface area contributed by atoms with E-state index in [2.05, 4.69) is 29.3 Å². The van der Waals surface area contributed by atoms with Crippen molar-refractivity contribution in [3.8, 4) is 0 Å². The highest BCUT2D eigenvalue weighted by atomic mass is 16.3. The fourth-order valence-corrected chi connectivity index (χ4v) is 2.58. The van der Waals surface area contributed by atoms with E-state index in [1.54, 1.807) is 0 Å². The molecule has 0 radical (unpaired) electrons. The van der Waals surface area contributed by atoms with Crippen molar-refractivity contribution in [3.63, 3.8) is 0 Å². The van der Waals surface area contributed by atoms with Crippen molar-refractivity contribution in [1.82, 2.24) is 10.2 Å². The highest BCUT2D eigenvalue weighted by Crippen LogP contribution is 2.16. The summed E-state index contributed by atoms with van der Waals surface area (Å²) in [7, 11) is 0. The molecular formula is C15H22N2O2. The Bertz CT molecular complexity index is 408. The van der Waals surface area contributed by atoms with Crippen LogP contribution in [-0.4, -0.2) is 41.7 Å². The van der Waals surface area contributed by atoms with Crippen LogP contribution in [0.3, 0.4) is 0 Å². The van der Waals surface area contributed by atoms with Gasteiger partial charge < -0.3 is 10.4 Å². The lowest BCUT2D eigenvalue weighted by Crippen LogP contribution is -2.44. The smallest absolute Gasteiger partial charge is 0.237 e. The molecule has 1 heterocycles. The number of hydrogen-bond acceptors (Lipinski definition) is 3. The molecule has 0 bridgehead atoms. The molecule has 1 aromatic rings. The number of aliphatic hydroxyl groups is 1. The molecule has 4 heteroatoms. The average molecular weight is 262 g/mol. The van der Waals surface area contributed by atoms with E-state index in [9.17, 15) is 9.90 Å². The largest absolute Gasteiger partial charge is 0.396 e. The van der Waals surface area contributed by atoms with Gasteiger partial charge in [-0.05, 0) is 17.9 Å². The Morgan fingerprint density at radius 1 is 1.37 bits per heavy atom. The number of benzene rings is 1. The topological polar surface area (TPSA) is 52.6 Å².